The Labute approximate surface area is 71.1 Å². The van der Waals surface area contributed by atoms with Gasteiger partial charge in [0.15, 0.2) is 0 Å². The van der Waals surface area contributed by atoms with Crippen molar-refractivity contribution in [2.45, 2.75) is 12.8 Å². The molecule has 0 aromatic carbocycles. The number of aromatic nitrogens is 1. The first-order valence-corrected chi connectivity index (χ1v) is 3.96. The number of oxime groups is 1. The van der Waals surface area contributed by atoms with Crippen molar-refractivity contribution in [1.82, 2.24) is 4.98 Å². The number of pyridine rings is 1. The van der Waals surface area contributed by atoms with E-state index < -0.39 is 0 Å². The predicted octanol–water partition coefficient (Wildman–Crippen LogP) is 1.38. The van der Waals surface area contributed by atoms with E-state index in [-0.39, 0.29) is 0 Å². The molecule has 0 radical (unpaired) electrons. The van der Waals surface area contributed by atoms with E-state index in [0.717, 1.165) is 24.2 Å². The van der Waals surface area contributed by atoms with Gasteiger partial charge in [0.25, 0.3) is 0 Å². The third-order valence-electron chi connectivity index (χ3n) is 2.00. The van der Waals surface area contributed by atoms with Crippen LogP contribution in [0.2, 0.25) is 0 Å². The molecule has 0 unspecified atom stereocenters. The summed E-state index contributed by atoms with van der Waals surface area (Å²) in [5.74, 6) is 0. The average molecular weight is 162 g/mol. The van der Waals surface area contributed by atoms with Crippen LogP contribution in [0.5, 0.6) is 0 Å². The van der Waals surface area contributed by atoms with Crippen molar-refractivity contribution in [2.24, 2.45) is 5.16 Å². The van der Waals surface area contributed by atoms with Crippen molar-refractivity contribution in [2.75, 3.05) is 7.11 Å². The zero-order valence-corrected chi connectivity index (χ0v) is 6.95. The van der Waals surface area contributed by atoms with E-state index >= 15 is 0 Å². The van der Waals surface area contributed by atoms with E-state index in [9.17, 15) is 0 Å². The van der Waals surface area contributed by atoms with Crippen LogP contribution in [0.15, 0.2) is 23.5 Å². The van der Waals surface area contributed by atoms with E-state index in [4.69, 9.17) is 4.84 Å². The van der Waals surface area contributed by atoms with Gasteiger partial charge in [0.05, 0.1) is 5.69 Å². The fraction of sp³-hybridized carbons (Fsp3) is 0.333. The summed E-state index contributed by atoms with van der Waals surface area (Å²) in [5, 5.41) is 3.92. The lowest BCUT2D eigenvalue weighted by Gasteiger charge is -1.95. The van der Waals surface area contributed by atoms with Crippen LogP contribution in [0.4, 0.5) is 0 Å². The van der Waals surface area contributed by atoms with Crippen molar-refractivity contribution in [3.05, 3.63) is 29.6 Å². The fourth-order valence-corrected chi connectivity index (χ4v) is 1.47. The molecule has 3 heteroatoms. The first kappa shape index (κ1) is 7.28. The van der Waals surface area contributed by atoms with Crippen LogP contribution in [-0.4, -0.2) is 17.8 Å². The summed E-state index contributed by atoms with van der Waals surface area (Å²) >= 11 is 0. The second kappa shape index (κ2) is 2.93. The Kier molecular flexibility index (Phi) is 1.78. The van der Waals surface area contributed by atoms with Gasteiger partial charge in [0.2, 0.25) is 0 Å². The van der Waals surface area contributed by atoms with Gasteiger partial charge in [-0.2, -0.15) is 0 Å². The largest absolute Gasteiger partial charge is 0.399 e. The standard InChI is InChI=1S/C9H10N2O/c1-12-11-8-5-4-7-3-2-6-10-9(7)8/h2-3,6H,4-5H2,1H3/b11-8-. The minimum absolute atomic E-state index is 0.945. The molecular weight excluding hydrogens is 152 g/mol. The molecule has 0 spiro atoms. The smallest absolute Gasteiger partial charge is 0.106 e. The Bertz CT molecular complexity index is 320. The summed E-state index contributed by atoms with van der Waals surface area (Å²) in [5.41, 5.74) is 3.24. The molecule has 3 nitrogen and oxygen atoms in total. The Morgan fingerprint density at radius 1 is 1.50 bits per heavy atom. The van der Waals surface area contributed by atoms with E-state index in [1.807, 2.05) is 6.07 Å². The van der Waals surface area contributed by atoms with Gasteiger partial charge in [0, 0.05) is 6.20 Å². The van der Waals surface area contributed by atoms with E-state index in [1.165, 1.54) is 5.56 Å². The highest BCUT2D eigenvalue weighted by Crippen LogP contribution is 2.19. The molecule has 0 atom stereocenters. The van der Waals surface area contributed by atoms with Gasteiger partial charge in [-0.3, -0.25) is 4.98 Å². The lowest BCUT2D eigenvalue weighted by Crippen LogP contribution is -1.97. The molecule has 0 saturated heterocycles. The number of hydrogen-bond donors (Lipinski definition) is 0. The van der Waals surface area contributed by atoms with Gasteiger partial charge in [-0.15, -0.1) is 0 Å². The highest BCUT2D eigenvalue weighted by molar-refractivity contribution is 6.02. The maximum Gasteiger partial charge on any atom is 0.106 e. The Morgan fingerprint density at radius 3 is 3.25 bits per heavy atom. The highest BCUT2D eigenvalue weighted by atomic mass is 16.6. The molecule has 1 aliphatic rings. The topological polar surface area (TPSA) is 34.5 Å². The Hall–Kier alpha value is -1.38. The van der Waals surface area contributed by atoms with Crippen molar-refractivity contribution in [3.8, 4) is 0 Å². The molecule has 0 saturated carbocycles. The molecule has 62 valence electrons. The van der Waals surface area contributed by atoms with Crippen LogP contribution in [0.25, 0.3) is 0 Å². The van der Waals surface area contributed by atoms with Crippen molar-refractivity contribution in [3.63, 3.8) is 0 Å². The lowest BCUT2D eigenvalue weighted by atomic mass is 10.2. The van der Waals surface area contributed by atoms with Crippen LogP contribution in [0.1, 0.15) is 17.7 Å². The van der Waals surface area contributed by atoms with Crippen molar-refractivity contribution >= 4 is 5.71 Å². The SMILES string of the molecule is CO/N=C1/CCc2cccnc21. The third-order valence-corrected chi connectivity index (χ3v) is 2.00. The molecule has 1 heterocycles. The molecule has 1 aromatic rings. The molecule has 0 aliphatic heterocycles. The number of nitrogens with zero attached hydrogens (tertiary/aromatic N) is 2. The second-order valence-electron chi connectivity index (χ2n) is 2.73. The van der Waals surface area contributed by atoms with Crippen molar-refractivity contribution in [1.29, 1.82) is 0 Å². The van der Waals surface area contributed by atoms with E-state index in [2.05, 4.69) is 16.2 Å². The number of rotatable bonds is 1. The Balaban J connectivity index is 2.43. The van der Waals surface area contributed by atoms with Gasteiger partial charge in [-0.05, 0) is 24.5 Å². The van der Waals surface area contributed by atoms with Crippen LogP contribution in [-0.2, 0) is 11.3 Å². The molecule has 0 amide bonds. The molecule has 2 rings (SSSR count). The Morgan fingerprint density at radius 2 is 2.42 bits per heavy atom. The van der Waals surface area contributed by atoms with Crippen molar-refractivity contribution < 1.29 is 4.84 Å². The maximum atomic E-state index is 4.73. The average Bonchev–Trinajstić information content (AvgIpc) is 2.50. The van der Waals surface area contributed by atoms with E-state index in [1.54, 1.807) is 13.3 Å². The van der Waals surface area contributed by atoms with Gasteiger partial charge < -0.3 is 4.84 Å². The van der Waals surface area contributed by atoms with Gasteiger partial charge in [0.1, 0.15) is 12.8 Å². The molecule has 0 N–H and O–H groups in total. The summed E-state index contributed by atoms with van der Waals surface area (Å²) in [7, 11) is 1.56. The normalized spacial score (nSPS) is 17.9. The maximum absolute atomic E-state index is 4.73. The summed E-state index contributed by atoms with van der Waals surface area (Å²) in [6, 6.07) is 4.04. The quantitative estimate of drug-likeness (QED) is 0.584. The number of hydrogen-bond acceptors (Lipinski definition) is 3. The number of fused-ring (bicyclic) bond motifs is 1. The van der Waals surface area contributed by atoms with Gasteiger partial charge in [-0.25, -0.2) is 0 Å². The van der Waals surface area contributed by atoms with Gasteiger partial charge >= 0.3 is 0 Å². The minimum Gasteiger partial charge on any atom is -0.399 e. The first-order valence-electron chi connectivity index (χ1n) is 3.96. The zero-order chi connectivity index (χ0) is 8.39. The molecule has 1 aromatic heterocycles. The highest BCUT2D eigenvalue weighted by Gasteiger charge is 2.18. The van der Waals surface area contributed by atoms with Crippen LogP contribution >= 0.6 is 0 Å². The van der Waals surface area contributed by atoms with Crippen LogP contribution in [0, 0.1) is 0 Å². The second-order valence-corrected chi connectivity index (χ2v) is 2.73. The first-order chi connectivity index (χ1) is 5.92. The molecule has 0 fully saturated rings. The minimum atomic E-state index is 0.945. The van der Waals surface area contributed by atoms with E-state index in [0.29, 0.717) is 0 Å². The number of aryl methyl sites for hydroxylation is 1. The molecule has 0 bridgehead atoms. The summed E-state index contributed by atoms with van der Waals surface area (Å²) in [6.45, 7) is 0. The fourth-order valence-electron chi connectivity index (χ4n) is 1.47. The van der Waals surface area contributed by atoms with Crippen LogP contribution in [0.3, 0.4) is 0 Å². The third kappa shape index (κ3) is 1.07. The van der Waals surface area contributed by atoms with Gasteiger partial charge in [-0.1, -0.05) is 11.2 Å². The lowest BCUT2D eigenvalue weighted by molar-refractivity contribution is 0.213. The summed E-state index contributed by atoms with van der Waals surface area (Å²) < 4.78 is 0. The molecule has 12 heavy (non-hydrogen) atoms. The van der Waals surface area contributed by atoms with Crippen LogP contribution < -0.4 is 0 Å². The monoisotopic (exact) mass is 162 g/mol. The molecular formula is C9H10N2O. The summed E-state index contributed by atoms with van der Waals surface area (Å²) in [6.07, 6.45) is 3.76. The summed E-state index contributed by atoms with van der Waals surface area (Å²) in [4.78, 5) is 8.98. The molecule has 1 aliphatic carbocycles. The zero-order valence-electron chi connectivity index (χ0n) is 6.95. The predicted molar refractivity (Wildman–Crippen MR) is 46.1 cm³/mol.